The number of hydrogen-bond acceptors (Lipinski definition) is 3. The van der Waals surface area contributed by atoms with Crippen LogP contribution in [-0.2, 0) is 9.53 Å². The van der Waals surface area contributed by atoms with Crippen molar-refractivity contribution in [1.82, 2.24) is 0 Å². The van der Waals surface area contributed by atoms with E-state index in [0.717, 1.165) is 6.42 Å². The summed E-state index contributed by atoms with van der Waals surface area (Å²) in [7, 11) is 0. The topological polar surface area (TPSA) is 46.5 Å². The van der Waals surface area contributed by atoms with Gasteiger partial charge in [0.15, 0.2) is 0 Å². The van der Waals surface area contributed by atoms with Gasteiger partial charge in [0.25, 0.3) is 6.47 Å². The van der Waals surface area contributed by atoms with E-state index >= 15 is 0 Å². The Bertz CT molecular complexity index is 102. The van der Waals surface area contributed by atoms with Crippen molar-refractivity contribution in [3.05, 3.63) is 12.7 Å². The summed E-state index contributed by atoms with van der Waals surface area (Å²) in [6, 6.07) is 0. The van der Waals surface area contributed by atoms with Crippen LogP contribution in [0.25, 0.3) is 0 Å². The van der Waals surface area contributed by atoms with Crippen LogP contribution in [0.5, 0.6) is 0 Å². The molecule has 0 aromatic heterocycles. The summed E-state index contributed by atoms with van der Waals surface area (Å²) in [5, 5.41) is 8.42. The van der Waals surface area contributed by atoms with E-state index in [-0.39, 0.29) is 6.61 Å². The minimum atomic E-state index is 0.270. The highest BCUT2D eigenvalue weighted by molar-refractivity contribution is 5.36. The van der Waals surface area contributed by atoms with Crippen LogP contribution >= 0.6 is 0 Å². The van der Waals surface area contributed by atoms with Crippen molar-refractivity contribution in [2.24, 2.45) is 5.92 Å². The number of ether oxygens (including phenoxy) is 1. The zero-order valence-corrected chi connectivity index (χ0v) is 7.82. The largest absolute Gasteiger partial charge is 0.468 e. The molecule has 0 aliphatic rings. The molecule has 0 spiro atoms. The molecule has 1 N–H and O–H groups in total. The second-order valence-electron chi connectivity index (χ2n) is 2.36. The van der Waals surface area contributed by atoms with Gasteiger partial charge in [-0.25, -0.2) is 0 Å². The van der Waals surface area contributed by atoms with Crippen molar-refractivity contribution in [2.75, 3.05) is 13.2 Å². The molecule has 1 atom stereocenters. The Balaban J connectivity index is 0. The lowest BCUT2D eigenvalue weighted by molar-refractivity contribution is -0.128. The smallest absolute Gasteiger partial charge is 0.293 e. The van der Waals surface area contributed by atoms with Crippen LogP contribution in [0.1, 0.15) is 20.3 Å². The Labute approximate surface area is 74.0 Å². The van der Waals surface area contributed by atoms with Crippen LogP contribution in [0.4, 0.5) is 0 Å². The number of aliphatic hydroxyl groups excluding tert-OH is 1. The zero-order valence-electron chi connectivity index (χ0n) is 7.82. The molecule has 0 aliphatic heterocycles. The fourth-order valence-corrected chi connectivity index (χ4v) is 0.427. The van der Waals surface area contributed by atoms with Crippen LogP contribution < -0.4 is 0 Å². The van der Waals surface area contributed by atoms with Crippen molar-refractivity contribution in [1.29, 1.82) is 0 Å². The number of rotatable bonds is 5. The normalized spacial score (nSPS) is 10.6. The Morgan fingerprint density at radius 3 is 2.33 bits per heavy atom. The lowest BCUT2D eigenvalue weighted by atomic mass is 10.1. The van der Waals surface area contributed by atoms with Gasteiger partial charge in [-0.05, 0) is 19.3 Å². The third-order valence-corrected chi connectivity index (χ3v) is 1.12. The summed E-state index contributed by atoms with van der Waals surface area (Å²) in [4.78, 5) is 9.18. The number of aliphatic hydroxyl groups is 1. The van der Waals surface area contributed by atoms with Crippen LogP contribution in [0.15, 0.2) is 12.7 Å². The van der Waals surface area contributed by atoms with Crippen molar-refractivity contribution in [3.63, 3.8) is 0 Å². The highest BCUT2D eigenvalue weighted by Gasteiger charge is 1.92. The van der Waals surface area contributed by atoms with Crippen LogP contribution in [0.2, 0.25) is 0 Å². The molecule has 3 nitrogen and oxygen atoms in total. The second-order valence-corrected chi connectivity index (χ2v) is 2.36. The van der Waals surface area contributed by atoms with E-state index in [1.54, 1.807) is 6.92 Å². The van der Waals surface area contributed by atoms with Crippen molar-refractivity contribution >= 4 is 6.47 Å². The average Bonchev–Trinajstić information content (AvgIpc) is 2.07. The van der Waals surface area contributed by atoms with Crippen molar-refractivity contribution < 1.29 is 14.6 Å². The van der Waals surface area contributed by atoms with Crippen LogP contribution in [0.3, 0.4) is 0 Å². The summed E-state index contributed by atoms with van der Waals surface area (Å²) >= 11 is 0. The van der Waals surface area contributed by atoms with Gasteiger partial charge in [0.05, 0.1) is 6.61 Å². The van der Waals surface area contributed by atoms with Gasteiger partial charge >= 0.3 is 0 Å². The van der Waals surface area contributed by atoms with E-state index in [4.69, 9.17) is 5.11 Å². The minimum Gasteiger partial charge on any atom is -0.468 e. The van der Waals surface area contributed by atoms with Crippen molar-refractivity contribution in [2.45, 2.75) is 20.3 Å². The quantitative estimate of drug-likeness (QED) is 0.506. The number of carbonyl (C=O) groups is 1. The molecule has 0 radical (unpaired) electrons. The molecule has 0 aliphatic carbocycles. The average molecular weight is 174 g/mol. The zero-order chi connectivity index (χ0) is 9.82. The first-order valence-electron chi connectivity index (χ1n) is 3.99. The fourth-order valence-electron chi connectivity index (χ4n) is 0.427. The van der Waals surface area contributed by atoms with Gasteiger partial charge in [-0.2, -0.15) is 0 Å². The van der Waals surface area contributed by atoms with E-state index in [2.05, 4.69) is 11.3 Å². The molecule has 0 fully saturated rings. The van der Waals surface area contributed by atoms with Crippen LogP contribution in [-0.4, -0.2) is 24.8 Å². The molecule has 0 saturated heterocycles. The first kappa shape index (κ1) is 13.7. The molecule has 0 bridgehead atoms. The first-order chi connectivity index (χ1) is 5.72. The molecule has 0 amide bonds. The van der Waals surface area contributed by atoms with E-state index in [0.29, 0.717) is 19.0 Å². The van der Waals surface area contributed by atoms with Gasteiger partial charge in [-0.1, -0.05) is 13.0 Å². The van der Waals surface area contributed by atoms with Gasteiger partial charge < -0.3 is 9.84 Å². The van der Waals surface area contributed by atoms with Crippen molar-refractivity contribution in [3.8, 4) is 0 Å². The number of allylic oxidation sites excluding steroid dienone is 1. The summed E-state index contributed by atoms with van der Waals surface area (Å²) in [5.74, 6) is 0.387. The predicted molar refractivity (Wildman–Crippen MR) is 48.8 cm³/mol. The van der Waals surface area contributed by atoms with Gasteiger partial charge in [-0.15, -0.1) is 6.58 Å². The Kier molecular flexibility index (Phi) is 14.7. The minimum absolute atomic E-state index is 0.270. The molecule has 3 heteroatoms. The van der Waals surface area contributed by atoms with E-state index in [1.165, 1.54) is 0 Å². The Morgan fingerprint density at radius 2 is 2.25 bits per heavy atom. The Morgan fingerprint density at radius 1 is 1.67 bits per heavy atom. The maximum atomic E-state index is 9.18. The third-order valence-electron chi connectivity index (χ3n) is 1.12. The Hall–Kier alpha value is -0.830. The van der Waals surface area contributed by atoms with Gasteiger partial charge in [0, 0.05) is 6.61 Å². The first-order valence-corrected chi connectivity index (χ1v) is 3.99. The lowest BCUT2D eigenvalue weighted by Gasteiger charge is -1.99. The molecule has 0 saturated carbocycles. The molecule has 1 unspecified atom stereocenters. The molecular weight excluding hydrogens is 156 g/mol. The predicted octanol–water partition coefficient (Wildman–Crippen LogP) is 1.37. The van der Waals surface area contributed by atoms with Crippen LogP contribution in [0, 0.1) is 5.92 Å². The lowest BCUT2D eigenvalue weighted by Crippen LogP contribution is -1.96. The summed E-state index contributed by atoms with van der Waals surface area (Å²) in [6.45, 7) is 8.46. The van der Waals surface area contributed by atoms with Gasteiger partial charge in [0.1, 0.15) is 0 Å². The molecule has 0 aromatic carbocycles. The number of hydrogen-bond donors (Lipinski definition) is 1. The second kappa shape index (κ2) is 12.8. The molecule has 0 aromatic rings. The van der Waals surface area contributed by atoms with Gasteiger partial charge in [-0.3, -0.25) is 4.79 Å². The van der Waals surface area contributed by atoms with E-state index in [1.807, 2.05) is 13.0 Å². The molecule has 0 rings (SSSR count). The highest BCUT2D eigenvalue weighted by atomic mass is 16.5. The monoisotopic (exact) mass is 174 g/mol. The molecule has 12 heavy (non-hydrogen) atoms. The standard InChI is InChI=1S/C6H12O.C3H6O2/c1-3-4-6(2)5-7;1-2-5-3-4/h3,6-7H,1,4-5H2,2H3;3H,2H2,1H3. The highest BCUT2D eigenvalue weighted by Crippen LogP contribution is 1.97. The fraction of sp³-hybridized carbons (Fsp3) is 0.667. The summed E-state index contributed by atoms with van der Waals surface area (Å²) in [5.41, 5.74) is 0. The summed E-state index contributed by atoms with van der Waals surface area (Å²) < 4.78 is 4.15. The molecular formula is C9H18O3. The molecule has 0 heterocycles. The summed E-state index contributed by atoms with van der Waals surface area (Å²) in [6.07, 6.45) is 2.73. The maximum Gasteiger partial charge on any atom is 0.293 e. The maximum absolute atomic E-state index is 9.18. The molecule has 72 valence electrons. The number of carbonyl (C=O) groups excluding carboxylic acids is 1. The van der Waals surface area contributed by atoms with E-state index < -0.39 is 0 Å². The van der Waals surface area contributed by atoms with E-state index in [9.17, 15) is 4.79 Å². The SMILES string of the molecule is C=CCC(C)CO.CCOC=O. The third kappa shape index (κ3) is 16.1. The van der Waals surface area contributed by atoms with Gasteiger partial charge in [0.2, 0.25) is 0 Å².